The fraction of sp³-hybridized carbons (Fsp3) is 0.0833. The molecule has 2 aliphatic heterocycles. The van der Waals surface area contributed by atoms with Gasteiger partial charge in [0.1, 0.15) is 17.1 Å². The Morgan fingerprint density at radius 1 is 0.875 bits per heavy atom. The summed E-state index contributed by atoms with van der Waals surface area (Å²) in [6.07, 6.45) is 0.166. The first-order chi connectivity index (χ1) is 15.3. The molecule has 2 amide bonds. The van der Waals surface area contributed by atoms with Gasteiger partial charge in [-0.25, -0.2) is 4.79 Å². The van der Waals surface area contributed by atoms with Gasteiger partial charge in [0.25, 0.3) is 0 Å². The summed E-state index contributed by atoms with van der Waals surface area (Å²) in [7, 11) is 0. The number of carbonyl (C=O) groups is 3. The van der Waals surface area contributed by atoms with E-state index in [9.17, 15) is 29.4 Å². The number of fused-ring (bicyclic) bond motifs is 2. The van der Waals surface area contributed by atoms with E-state index in [1.807, 2.05) is 0 Å². The molecule has 0 bridgehead atoms. The minimum atomic E-state index is -1.25. The maximum Gasteiger partial charge on any atom is 0.336 e. The van der Waals surface area contributed by atoms with Crippen LogP contribution in [-0.4, -0.2) is 28.0 Å². The fourth-order valence-electron chi connectivity index (χ4n) is 4.08. The van der Waals surface area contributed by atoms with Crippen molar-refractivity contribution in [2.45, 2.75) is 12.8 Å². The van der Waals surface area contributed by atoms with E-state index in [4.69, 9.17) is 4.42 Å². The summed E-state index contributed by atoms with van der Waals surface area (Å²) in [5.41, 5.74) is 1.36. The second-order valence-electron chi connectivity index (χ2n) is 7.47. The largest absolute Gasteiger partial charge is 0.508 e. The van der Waals surface area contributed by atoms with Crippen molar-refractivity contribution in [3.05, 3.63) is 70.4 Å². The number of carboxylic acids is 1. The van der Waals surface area contributed by atoms with Gasteiger partial charge < -0.3 is 14.6 Å². The lowest BCUT2D eigenvalue weighted by Gasteiger charge is -2.19. The van der Waals surface area contributed by atoms with Crippen LogP contribution < -0.4 is 10.3 Å². The molecule has 1 aliphatic carbocycles. The Bertz CT molecular complexity index is 1470. The van der Waals surface area contributed by atoms with Gasteiger partial charge >= 0.3 is 5.97 Å². The Balaban J connectivity index is 1.83. The van der Waals surface area contributed by atoms with Crippen LogP contribution in [0, 0.1) is 0 Å². The predicted molar refractivity (Wildman–Crippen MR) is 115 cm³/mol. The first-order valence-corrected chi connectivity index (χ1v) is 9.76. The second kappa shape index (κ2) is 7.05. The average Bonchev–Trinajstić information content (AvgIpc) is 3.09. The van der Waals surface area contributed by atoms with Crippen molar-refractivity contribution in [2.75, 3.05) is 4.90 Å². The van der Waals surface area contributed by atoms with Crippen LogP contribution >= 0.6 is 0 Å². The molecule has 2 heterocycles. The molecule has 2 aromatic carbocycles. The van der Waals surface area contributed by atoms with E-state index < -0.39 is 5.97 Å². The Morgan fingerprint density at radius 3 is 2.31 bits per heavy atom. The number of imide groups is 1. The lowest BCUT2D eigenvalue weighted by Crippen LogP contribution is -2.28. The molecule has 0 spiro atoms. The third-order valence-electron chi connectivity index (χ3n) is 5.49. The summed E-state index contributed by atoms with van der Waals surface area (Å²) in [6.45, 7) is 0. The molecule has 8 nitrogen and oxygen atoms in total. The second-order valence-corrected chi connectivity index (χ2v) is 7.47. The number of phenols is 1. The number of aromatic carboxylic acids is 1. The first kappa shape index (κ1) is 19.5. The van der Waals surface area contributed by atoms with Gasteiger partial charge in [0.15, 0.2) is 5.43 Å². The molecule has 1 fully saturated rings. The fourth-order valence-corrected chi connectivity index (χ4v) is 4.08. The van der Waals surface area contributed by atoms with Gasteiger partial charge in [0.05, 0.1) is 11.3 Å². The summed E-state index contributed by atoms with van der Waals surface area (Å²) in [6, 6.07) is 13.0. The van der Waals surface area contributed by atoms with Crippen LogP contribution in [0.3, 0.4) is 0 Å². The van der Waals surface area contributed by atoms with E-state index in [1.165, 1.54) is 42.5 Å². The van der Waals surface area contributed by atoms with E-state index in [0.29, 0.717) is 22.1 Å². The van der Waals surface area contributed by atoms with Crippen molar-refractivity contribution in [3.63, 3.8) is 0 Å². The van der Waals surface area contributed by atoms with Crippen LogP contribution in [-0.2, 0) is 9.59 Å². The summed E-state index contributed by atoms with van der Waals surface area (Å²) in [4.78, 5) is 49.3. The summed E-state index contributed by atoms with van der Waals surface area (Å²) >= 11 is 0. The van der Waals surface area contributed by atoms with Crippen molar-refractivity contribution < 1.29 is 29.0 Å². The Hall–Kier alpha value is -4.46. The maximum atomic E-state index is 12.2. The average molecular weight is 429 g/mol. The highest BCUT2D eigenvalue weighted by molar-refractivity contribution is 6.20. The number of phenolic OH excluding ortho intramolecular Hbond substituents is 1. The van der Waals surface area contributed by atoms with Crippen molar-refractivity contribution >= 4 is 34.4 Å². The maximum absolute atomic E-state index is 12.2. The van der Waals surface area contributed by atoms with Crippen molar-refractivity contribution in [3.8, 4) is 28.2 Å². The lowest BCUT2D eigenvalue weighted by molar-refractivity contribution is -0.121. The number of hydrogen-bond acceptors (Lipinski definition) is 6. The molecule has 8 heteroatoms. The number of rotatable bonds is 3. The molecule has 3 aliphatic rings. The Morgan fingerprint density at radius 2 is 1.59 bits per heavy atom. The third-order valence-corrected chi connectivity index (χ3v) is 5.49. The van der Waals surface area contributed by atoms with E-state index in [0.717, 1.165) is 4.90 Å². The zero-order valence-corrected chi connectivity index (χ0v) is 16.5. The monoisotopic (exact) mass is 429 g/mol. The van der Waals surface area contributed by atoms with Crippen LogP contribution in [0.1, 0.15) is 23.2 Å². The highest BCUT2D eigenvalue weighted by Gasteiger charge is 2.31. The molecule has 32 heavy (non-hydrogen) atoms. The number of carboxylic acid groups (broad SMARTS) is 1. The molecule has 0 radical (unpaired) electrons. The number of carbonyl (C=O) groups excluding carboxylic acids is 2. The van der Waals surface area contributed by atoms with Crippen LogP contribution in [0.2, 0.25) is 0 Å². The lowest BCUT2D eigenvalue weighted by atomic mass is 9.90. The zero-order valence-electron chi connectivity index (χ0n) is 16.5. The van der Waals surface area contributed by atoms with Gasteiger partial charge in [-0.05, 0) is 42.0 Å². The van der Waals surface area contributed by atoms with Crippen LogP contribution in [0.15, 0.2) is 63.8 Å². The minimum absolute atomic E-state index is 0.0512. The molecule has 0 aromatic heterocycles. The van der Waals surface area contributed by atoms with E-state index in [1.54, 1.807) is 12.1 Å². The van der Waals surface area contributed by atoms with Gasteiger partial charge in [-0.1, -0.05) is 6.07 Å². The highest BCUT2D eigenvalue weighted by atomic mass is 16.4. The molecule has 0 unspecified atom stereocenters. The minimum Gasteiger partial charge on any atom is -0.508 e. The smallest absolute Gasteiger partial charge is 0.336 e. The number of amides is 2. The zero-order chi connectivity index (χ0) is 22.6. The molecule has 2 N–H and O–H groups in total. The number of nitrogens with zero attached hydrogens (tertiary/aromatic N) is 1. The van der Waals surface area contributed by atoms with Crippen LogP contribution in [0.4, 0.5) is 5.69 Å². The van der Waals surface area contributed by atoms with Crippen molar-refractivity contribution in [1.29, 1.82) is 0 Å². The Kier molecular flexibility index (Phi) is 4.30. The van der Waals surface area contributed by atoms with E-state index in [-0.39, 0.29) is 58.4 Å². The molecule has 5 rings (SSSR count). The molecule has 0 atom stereocenters. The van der Waals surface area contributed by atoms with Crippen LogP contribution in [0.5, 0.6) is 5.75 Å². The van der Waals surface area contributed by atoms with Gasteiger partial charge in [0, 0.05) is 41.5 Å². The quantitative estimate of drug-likeness (QED) is 0.376. The summed E-state index contributed by atoms with van der Waals surface area (Å²) in [5.74, 6) is -1.83. The number of benzene rings is 3. The summed E-state index contributed by atoms with van der Waals surface area (Å²) in [5, 5.41) is 20.4. The SMILES string of the molecule is O=C(O)c1cc(N2C(=O)CCC2=O)ccc1-c1c2ccc(=O)cc-2oc2cc(O)ccc12. The van der Waals surface area contributed by atoms with Gasteiger partial charge in [-0.15, -0.1) is 0 Å². The normalized spacial score (nSPS) is 13.9. The molecule has 2 aromatic rings. The molecule has 1 saturated heterocycles. The number of anilines is 1. The topological polar surface area (TPSA) is 125 Å². The molecular formula is C24H15NO7. The van der Waals surface area contributed by atoms with Gasteiger partial charge in [-0.2, -0.15) is 0 Å². The summed E-state index contributed by atoms with van der Waals surface area (Å²) < 4.78 is 5.80. The number of aromatic hydroxyl groups is 1. The van der Waals surface area contributed by atoms with Gasteiger partial charge in [0.2, 0.25) is 11.8 Å². The molecule has 0 saturated carbocycles. The third kappa shape index (κ3) is 3.01. The highest BCUT2D eigenvalue weighted by Crippen LogP contribution is 2.42. The first-order valence-electron chi connectivity index (χ1n) is 9.76. The number of hydrogen-bond donors (Lipinski definition) is 2. The van der Waals surface area contributed by atoms with E-state index in [2.05, 4.69) is 0 Å². The van der Waals surface area contributed by atoms with Crippen LogP contribution in [0.25, 0.3) is 33.4 Å². The van der Waals surface area contributed by atoms with E-state index >= 15 is 0 Å². The Labute approximate surface area is 180 Å². The van der Waals surface area contributed by atoms with Gasteiger partial charge in [-0.3, -0.25) is 19.3 Å². The predicted octanol–water partition coefficient (Wildman–Crippen LogP) is 3.62. The standard InChI is InChI=1S/C24H15NO7/c26-13-2-5-16-19(10-13)32-20-11-14(27)3-6-17(20)23(16)15-4-1-12(9-18(15)24(30)31)25-21(28)7-8-22(25)29/h1-6,9-11,26H,7-8H2,(H,30,31). The molecule has 158 valence electrons. The van der Waals surface area contributed by atoms with Crippen molar-refractivity contribution in [1.82, 2.24) is 0 Å². The molecular weight excluding hydrogens is 414 g/mol. The van der Waals surface area contributed by atoms with Crippen molar-refractivity contribution in [2.24, 2.45) is 0 Å².